The van der Waals surface area contributed by atoms with Crippen LogP contribution >= 0.6 is 0 Å². The van der Waals surface area contributed by atoms with Crippen LogP contribution in [0.25, 0.3) is 0 Å². The lowest BCUT2D eigenvalue weighted by atomic mass is 10.2. The number of anilines is 1. The number of ether oxygens (including phenoxy) is 2. The SMILES string of the molecule is CCOCC(C)OCCCC(=O)Nc1ccc(CN)cc1. The standard InChI is InChI=1S/C16H26N2O3/c1-3-20-12-13(2)21-10-4-5-16(19)18-15-8-6-14(11-17)7-9-15/h6-9,13H,3-5,10-12,17H2,1-2H3,(H,18,19). The molecule has 21 heavy (non-hydrogen) atoms. The van der Waals surface area contributed by atoms with E-state index in [1.165, 1.54) is 0 Å². The maximum Gasteiger partial charge on any atom is 0.224 e. The summed E-state index contributed by atoms with van der Waals surface area (Å²) in [7, 11) is 0. The van der Waals surface area contributed by atoms with E-state index in [1.807, 2.05) is 38.1 Å². The van der Waals surface area contributed by atoms with Crippen molar-refractivity contribution in [1.29, 1.82) is 0 Å². The van der Waals surface area contributed by atoms with Crippen molar-refractivity contribution in [2.24, 2.45) is 5.73 Å². The fraction of sp³-hybridized carbons (Fsp3) is 0.562. The highest BCUT2D eigenvalue weighted by Gasteiger charge is 2.05. The molecule has 0 aliphatic rings. The first-order valence-electron chi connectivity index (χ1n) is 7.44. The lowest BCUT2D eigenvalue weighted by Gasteiger charge is -2.12. The highest BCUT2D eigenvalue weighted by atomic mass is 16.5. The fourth-order valence-corrected chi connectivity index (χ4v) is 1.80. The topological polar surface area (TPSA) is 73.6 Å². The summed E-state index contributed by atoms with van der Waals surface area (Å²) in [6, 6.07) is 7.55. The number of benzene rings is 1. The molecule has 0 saturated carbocycles. The Hall–Kier alpha value is -1.43. The van der Waals surface area contributed by atoms with Crippen molar-refractivity contribution in [2.45, 2.75) is 39.3 Å². The van der Waals surface area contributed by atoms with E-state index in [9.17, 15) is 4.79 Å². The number of nitrogens with one attached hydrogen (secondary N) is 1. The van der Waals surface area contributed by atoms with Crippen LogP contribution in [0.15, 0.2) is 24.3 Å². The second-order valence-corrected chi connectivity index (χ2v) is 4.89. The molecule has 1 amide bonds. The van der Waals surface area contributed by atoms with Gasteiger partial charge < -0.3 is 20.5 Å². The van der Waals surface area contributed by atoms with Gasteiger partial charge in [0, 0.05) is 31.9 Å². The van der Waals surface area contributed by atoms with Crippen LogP contribution in [0.4, 0.5) is 5.69 Å². The Morgan fingerprint density at radius 3 is 2.67 bits per heavy atom. The van der Waals surface area contributed by atoms with Crippen molar-refractivity contribution in [3.8, 4) is 0 Å². The average molecular weight is 294 g/mol. The molecule has 1 unspecified atom stereocenters. The summed E-state index contributed by atoms with van der Waals surface area (Å²) in [5.41, 5.74) is 7.37. The highest BCUT2D eigenvalue weighted by molar-refractivity contribution is 5.90. The van der Waals surface area contributed by atoms with Gasteiger partial charge in [0.1, 0.15) is 0 Å². The molecule has 0 heterocycles. The summed E-state index contributed by atoms with van der Waals surface area (Å²) in [5.74, 6) is -0.00319. The van der Waals surface area contributed by atoms with Gasteiger partial charge in [-0.1, -0.05) is 12.1 Å². The quantitative estimate of drug-likeness (QED) is 0.649. The zero-order chi connectivity index (χ0) is 15.5. The predicted octanol–water partition coefficient (Wildman–Crippen LogP) is 2.31. The molecule has 1 rings (SSSR count). The molecule has 0 aliphatic heterocycles. The Bertz CT molecular complexity index is 406. The summed E-state index contributed by atoms with van der Waals surface area (Å²) in [6.07, 6.45) is 1.21. The van der Waals surface area contributed by atoms with Crippen LogP contribution in [0.2, 0.25) is 0 Å². The lowest BCUT2D eigenvalue weighted by molar-refractivity contribution is -0.116. The molecule has 118 valence electrons. The zero-order valence-electron chi connectivity index (χ0n) is 12.9. The van der Waals surface area contributed by atoms with E-state index in [1.54, 1.807) is 0 Å². The molecule has 5 heteroatoms. The molecule has 0 aliphatic carbocycles. The Balaban J connectivity index is 2.16. The Morgan fingerprint density at radius 2 is 2.05 bits per heavy atom. The Kier molecular flexibility index (Phi) is 8.66. The smallest absolute Gasteiger partial charge is 0.224 e. The van der Waals surface area contributed by atoms with E-state index in [2.05, 4.69) is 5.32 Å². The summed E-state index contributed by atoms with van der Waals surface area (Å²) in [6.45, 7) is 6.28. The van der Waals surface area contributed by atoms with Crippen LogP contribution < -0.4 is 11.1 Å². The second-order valence-electron chi connectivity index (χ2n) is 4.89. The molecule has 1 atom stereocenters. The van der Waals surface area contributed by atoms with Gasteiger partial charge >= 0.3 is 0 Å². The fourth-order valence-electron chi connectivity index (χ4n) is 1.80. The van der Waals surface area contributed by atoms with E-state index < -0.39 is 0 Å². The van der Waals surface area contributed by atoms with Crippen molar-refractivity contribution >= 4 is 11.6 Å². The van der Waals surface area contributed by atoms with Crippen LogP contribution in [-0.4, -0.2) is 31.8 Å². The van der Waals surface area contributed by atoms with Crippen LogP contribution in [0.1, 0.15) is 32.3 Å². The van der Waals surface area contributed by atoms with Gasteiger partial charge in [-0.15, -0.1) is 0 Å². The molecule has 0 aromatic heterocycles. The Morgan fingerprint density at radius 1 is 1.33 bits per heavy atom. The molecule has 1 aromatic rings. The number of hydrogen-bond donors (Lipinski definition) is 2. The van der Waals surface area contributed by atoms with Crippen LogP contribution in [-0.2, 0) is 20.8 Å². The summed E-state index contributed by atoms with van der Waals surface area (Å²) < 4.78 is 10.8. The number of hydrogen-bond acceptors (Lipinski definition) is 4. The van der Waals surface area contributed by atoms with Gasteiger partial charge in [0.2, 0.25) is 5.91 Å². The van der Waals surface area contributed by atoms with Gasteiger partial charge in [0.05, 0.1) is 12.7 Å². The van der Waals surface area contributed by atoms with Gasteiger partial charge in [0.25, 0.3) is 0 Å². The molecular formula is C16H26N2O3. The first kappa shape index (κ1) is 17.6. The largest absolute Gasteiger partial charge is 0.379 e. The molecular weight excluding hydrogens is 268 g/mol. The van der Waals surface area contributed by atoms with Crippen molar-refractivity contribution in [1.82, 2.24) is 0 Å². The number of nitrogens with two attached hydrogens (primary N) is 1. The normalized spacial score (nSPS) is 12.1. The third kappa shape index (κ3) is 7.80. The Labute approximate surface area is 126 Å². The van der Waals surface area contributed by atoms with E-state index in [0.29, 0.717) is 39.2 Å². The summed E-state index contributed by atoms with van der Waals surface area (Å²) >= 11 is 0. The third-order valence-electron chi connectivity index (χ3n) is 2.98. The monoisotopic (exact) mass is 294 g/mol. The first-order chi connectivity index (χ1) is 10.2. The van der Waals surface area contributed by atoms with Gasteiger partial charge in [0.15, 0.2) is 0 Å². The molecule has 0 radical (unpaired) electrons. The molecule has 0 spiro atoms. The molecule has 5 nitrogen and oxygen atoms in total. The van der Waals surface area contributed by atoms with Gasteiger partial charge in [-0.05, 0) is 38.0 Å². The highest BCUT2D eigenvalue weighted by Crippen LogP contribution is 2.09. The number of amides is 1. The minimum absolute atomic E-state index is 0.00319. The average Bonchev–Trinajstić information content (AvgIpc) is 2.50. The van der Waals surface area contributed by atoms with Gasteiger partial charge in [-0.3, -0.25) is 4.79 Å². The minimum atomic E-state index is -0.00319. The summed E-state index contributed by atoms with van der Waals surface area (Å²) in [4.78, 5) is 11.8. The maximum absolute atomic E-state index is 11.8. The lowest BCUT2D eigenvalue weighted by Crippen LogP contribution is -2.18. The minimum Gasteiger partial charge on any atom is -0.379 e. The number of carbonyl (C=O) groups is 1. The second kappa shape index (κ2) is 10.3. The molecule has 3 N–H and O–H groups in total. The predicted molar refractivity (Wildman–Crippen MR) is 84.1 cm³/mol. The molecule has 0 saturated heterocycles. The van der Waals surface area contributed by atoms with Crippen molar-refractivity contribution in [3.63, 3.8) is 0 Å². The number of carbonyl (C=O) groups excluding carboxylic acids is 1. The first-order valence-corrected chi connectivity index (χ1v) is 7.44. The summed E-state index contributed by atoms with van der Waals surface area (Å²) in [5, 5.41) is 2.86. The zero-order valence-corrected chi connectivity index (χ0v) is 12.9. The van der Waals surface area contributed by atoms with Crippen molar-refractivity contribution in [2.75, 3.05) is 25.1 Å². The van der Waals surface area contributed by atoms with Crippen LogP contribution in [0.3, 0.4) is 0 Å². The van der Waals surface area contributed by atoms with E-state index in [0.717, 1.165) is 11.3 Å². The van der Waals surface area contributed by atoms with Crippen LogP contribution in [0.5, 0.6) is 0 Å². The number of rotatable bonds is 10. The van der Waals surface area contributed by atoms with Gasteiger partial charge in [-0.25, -0.2) is 0 Å². The van der Waals surface area contributed by atoms with Crippen LogP contribution in [0, 0.1) is 0 Å². The third-order valence-corrected chi connectivity index (χ3v) is 2.98. The van der Waals surface area contributed by atoms with E-state index in [4.69, 9.17) is 15.2 Å². The molecule has 1 aromatic carbocycles. The van der Waals surface area contributed by atoms with E-state index >= 15 is 0 Å². The van der Waals surface area contributed by atoms with Gasteiger partial charge in [-0.2, -0.15) is 0 Å². The molecule has 0 bridgehead atoms. The molecule has 0 fully saturated rings. The van der Waals surface area contributed by atoms with Crippen molar-refractivity contribution in [3.05, 3.63) is 29.8 Å². The van der Waals surface area contributed by atoms with Crippen molar-refractivity contribution < 1.29 is 14.3 Å². The van der Waals surface area contributed by atoms with E-state index in [-0.39, 0.29) is 12.0 Å². The maximum atomic E-state index is 11.8.